The van der Waals surface area contributed by atoms with E-state index in [4.69, 9.17) is 4.74 Å². The fourth-order valence-electron chi connectivity index (χ4n) is 4.01. The first kappa shape index (κ1) is 16.9. The molecule has 2 fully saturated rings. The maximum atomic E-state index is 5.51. The van der Waals surface area contributed by atoms with Gasteiger partial charge in [-0.1, -0.05) is 24.3 Å². The average Bonchev–Trinajstić information content (AvgIpc) is 2.83. The van der Waals surface area contributed by atoms with Crippen LogP contribution in [0, 0.1) is 6.92 Å². The van der Waals surface area contributed by atoms with Crippen LogP contribution in [0.2, 0.25) is 0 Å². The normalized spacial score (nSPS) is 22.1. The van der Waals surface area contributed by atoms with E-state index in [1.54, 1.807) is 0 Å². The predicted octanol–water partition coefficient (Wildman–Crippen LogP) is 3.11. The number of rotatable bonds is 5. The van der Waals surface area contributed by atoms with Gasteiger partial charge in [0, 0.05) is 32.3 Å². The third-order valence-electron chi connectivity index (χ3n) is 5.51. The molecule has 3 nitrogen and oxygen atoms in total. The lowest BCUT2D eigenvalue weighted by Gasteiger charge is -2.33. The Hall–Kier alpha value is -0.900. The predicted molar refractivity (Wildman–Crippen MR) is 96.0 cm³/mol. The largest absolute Gasteiger partial charge is 0.381 e. The number of hydrogen-bond donors (Lipinski definition) is 0. The van der Waals surface area contributed by atoms with Crippen molar-refractivity contribution >= 4 is 0 Å². The molecule has 1 aromatic carbocycles. The van der Waals surface area contributed by atoms with Crippen molar-refractivity contribution in [1.29, 1.82) is 0 Å². The van der Waals surface area contributed by atoms with Crippen LogP contribution in [0.25, 0.3) is 0 Å². The second-order valence-corrected chi connectivity index (χ2v) is 7.10. The van der Waals surface area contributed by atoms with E-state index in [1.807, 2.05) is 0 Å². The van der Waals surface area contributed by atoms with Gasteiger partial charge < -0.3 is 9.64 Å². The second kappa shape index (κ2) is 8.81. The van der Waals surface area contributed by atoms with Gasteiger partial charge in [0.1, 0.15) is 0 Å². The summed E-state index contributed by atoms with van der Waals surface area (Å²) >= 11 is 0. The monoisotopic (exact) mass is 316 g/mol. The van der Waals surface area contributed by atoms with Crippen LogP contribution in [-0.4, -0.2) is 61.8 Å². The minimum Gasteiger partial charge on any atom is -0.381 e. The van der Waals surface area contributed by atoms with E-state index in [0.717, 1.165) is 19.3 Å². The molecule has 128 valence electrons. The van der Waals surface area contributed by atoms with Gasteiger partial charge in [-0.05, 0) is 69.8 Å². The molecule has 1 aromatic rings. The molecule has 3 rings (SSSR count). The zero-order valence-electron chi connectivity index (χ0n) is 14.7. The molecule has 0 bridgehead atoms. The molecule has 0 aromatic heterocycles. The van der Waals surface area contributed by atoms with Crippen LogP contribution in [0.3, 0.4) is 0 Å². The van der Waals surface area contributed by atoms with Crippen molar-refractivity contribution in [2.45, 2.75) is 45.1 Å². The van der Waals surface area contributed by atoms with Crippen molar-refractivity contribution in [2.75, 3.05) is 45.9 Å². The van der Waals surface area contributed by atoms with Crippen LogP contribution in [0.4, 0.5) is 0 Å². The number of ether oxygens (including phenoxy) is 1. The molecular weight excluding hydrogens is 284 g/mol. The Bertz CT molecular complexity index is 470. The lowest BCUT2D eigenvalue weighted by atomic mass is 10.0. The van der Waals surface area contributed by atoms with Gasteiger partial charge in [0.15, 0.2) is 0 Å². The molecule has 0 aliphatic carbocycles. The molecule has 2 aliphatic heterocycles. The van der Waals surface area contributed by atoms with E-state index < -0.39 is 0 Å². The summed E-state index contributed by atoms with van der Waals surface area (Å²) in [6.07, 6.45) is 6.28. The Morgan fingerprint density at radius 3 is 2.70 bits per heavy atom. The fraction of sp³-hybridized carbons (Fsp3) is 0.700. The van der Waals surface area contributed by atoms with Crippen molar-refractivity contribution in [3.63, 3.8) is 0 Å². The van der Waals surface area contributed by atoms with Gasteiger partial charge in [0.2, 0.25) is 0 Å². The average molecular weight is 316 g/mol. The lowest BCUT2D eigenvalue weighted by Crippen LogP contribution is -2.41. The zero-order chi connectivity index (χ0) is 15.9. The van der Waals surface area contributed by atoms with Gasteiger partial charge in [0.05, 0.1) is 0 Å². The van der Waals surface area contributed by atoms with Crippen LogP contribution in [0.5, 0.6) is 0 Å². The summed E-state index contributed by atoms with van der Waals surface area (Å²) in [6, 6.07) is 9.59. The topological polar surface area (TPSA) is 15.7 Å². The quantitative estimate of drug-likeness (QED) is 0.830. The molecule has 0 atom stereocenters. The van der Waals surface area contributed by atoms with Gasteiger partial charge >= 0.3 is 0 Å². The van der Waals surface area contributed by atoms with Gasteiger partial charge in [-0.25, -0.2) is 0 Å². The molecule has 3 heteroatoms. The van der Waals surface area contributed by atoms with Crippen molar-refractivity contribution in [1.82, 2.24) is 9.80 Å². The van der Waals surface area contributed by atoms with Crippen molar-refractivity contribution in [3.05, 3.63) is 35.4 Å². The summed E-state index contributed by atoms with van der Waals surface area (Å²) in [5, 5.41) is 0. The van der Waals surface area contributed by atoms with E-state index in [1.165, 1.54) is 76.0 Å². The molecular formula is C20H32N2O. The number of benzene rings is 1. The van der Waals surface area contributed by atoms with Gasteiger partial charge in [0.25, 0.3) is 0 Å². The Balaban J connectivity index is 1.40. The summed E-state index contributed by atoms with van der Waals surface area (Å²) in [5.41, 5.74) is 2.96. The third-order valence-corrected chi connectivity index (χ3v) is 5.51. The Morgan fingerprint density at radius 1 is 1.04 bits per heavy atom. The smallest absolute Gasteiger partial charge is 0.0480 e. The second-order valence-electron chi connectivity index (χ2n) is 7.10. The van der Waals surface area contributed by atoms with Gasteiger partial charge in [-0.2, -0.15) is 0 Å². The Morgan fingerprint density at radius 2 is 1.87 bits per heavy atom. The first-order valence-electron chi connectivity index (χ1n) is 9.41. The summed E-state index contributed by atoms with van der Waals surface area (Å²) in [6.45, 7) is 10.4. The summed E-state index contributed by atoms with van der Waals surface area (Å²) in [7, 11) is 0. The number of nitrogens with zero attached hydrogens (tertiary/aromatic N) is 2. The molecule has 0 saturated carbocycles. The van der Waals surface area contributed by atoms with Crippen LogP contribution in [0.15, 0.2) is 24.3 Å². The van der Waals surface area contributed by atoms with Crippen LogP contribution in [0.1, 0.15) is 36.8 Å². The van der Waals surface area contributed by atoms with Crippen LogP contribution < -0.4 is 0 Å². The highest BCUT2D eigenvalue weighted by molar-refractivity contribution is 5.25. The lowest BCUT2D eigenvalue weighted by molar-refractivity contribution is 0.0354. The minimum atomic E-state index is 0.774. The van der Waals surface area contributed by atoms with Crippen molar-refractivity contribution in [3.8, 4) is 0 Å². The highest BCUT2D eigenvalue weighted by atomic mass is 16.5. The molecule has 0 amide bonds. The van der Waals surface area contributed by atoms with Gasteiger partial charge in [-0.15, -0.1) is 0 Å². The van der Waals surface area contributed by atoms with Crippen molar-refractivity contribution < 1.29 is 4.74 Å². The molecule has 2 heterocycles. The summed E-state index contributed by atoms with van der Waals surface area (Å²) in [4.78, 5) is 5.40. The summed E-state index contributed by atoms with van der Waals surface area (Å²) < 4.78 is 5.51. The molecule has 0 spiro atoms. The SMILES string of the molecule is Cc1ccccc1CCCN1CCCN(C2CCOCC2)CC1. The summed E-state index contributed by atoms with van der Waals surface area (Å²) in [5.74, 6) is 0. The minimum absolute atomic E-state index is 0.774. The molecule has 2 aliphatic rings. The van der Waals surface area contributed by atoms with Crippen LogP contribution in [-0.2, 0) is 11.2 Å². The van der Waals surface area contributed by atoms with E-state index in [-0.39, 0.29) is 0 Å². The van der Waals surface area contributed by atoms with Gasteiger partial charge in [-0.3, -0.25) is 4.90 Å². The third kappa shape index (κ3) is 5.03. The Labute approximate surface area is 141 Å². The molecule has 0 unspecified atom stereocenters. The van der Waals surface area contributed by atoms with Crippen LogP contribution >= 0.6 is 0 Å². The molecule has 2 saturated heterocycles. The van der Waals surface area contributed by atoms with E-state index >= 15 is 0 Å². The molecule has 0 N–H and O–H groups in total. The van der Waals surface area contributed by atoms with Crippen molar-refractivity contribution in [2.24, 2.45) is 0 Å². The fourth-order valence-corrected chi connectivity index (χ4v) is 4.01. The van der Waals surface area contributed by atoms with E-state index in [2.05, 4.69) is 41.0 Å². The highest BCUT2D eigenvalue weighted by Crippen LogP contribution is 2.17. The highest BCUT2D eigenvalue weighted by Gasteiger charge is 2.23. The Kier molecular flexibility index (Phi) is 6.49. The first-order valence-corrected chi connectivity index (χ1v) is 9.41. The number of hydrogen-bond acceptors (Lipinski definition) is 3. The molecule has 0 radical (unpaired) electrons. The maximum absolute atomic E-state index is 5.51. The van der Waals surface area contributed by atoms with E-state index in [0.29, 0.717) is 0 Å². The zero-order valence-corrected chi connectivity index (χ0v) is 14.7. The molecule has 23 heavy (non-hydrogen) atoms. The first-order chi connectivity index (χ1) is 11.3. The standard InChI is InChI=1S/C20H32N2O/c1-18-6-2-3-7-19(18)8-4-11-21-12-5-13-22(15-14-21)20-9-16-23-17-10-20/h2-3,6-7,20H,4-5,8-17H2,1H3. The maximum Gasteiger partial charge on any atom is 0.0480 e. The van der Waals surface area contributed by atoms with E-state index in [9.17, 15) is 0 Å². The number of aryl methyl sites for hydroxylation is 2.